The maximum atomic E-state index is 13.3. The molecule has 1 saturated heterocycles. The summed E-state index contributed by atoms with van der Waals surface area (Å²) in [5, 5.41) is 17.1. The standard InChI is InChI=1S/C27H25Cl2N5O3/c28-19-6-7-21(23(29)13-19)18-2-1-3-20(12-18)34-24-22(14-31-34)26(36)33(16-30-24)15-27(37)8-10-32(11-9-27)25(35)17-4-5-17/h1-3,6-7,12-14,16-17,37H,4-5,8-11,15H2. The monoisotopic (exact) mass is 537 g/mol. The van der Waals surface area contributed by atoms with Crippen LogP contribution >= 0.6 is 23.2 Å². The molecule has 2 fully saturated rings. The number of halogens is 2. The van der Waals surface area contributed by atoms with Crippen molar-refractivity contribution in [2.75, 3.05) is 13.1 Å². The van der Waals surface area contributed by atoms with Gasteiger partial charge in [-0.05, 0) is 55.5 Å². The quantitative estimate of drug-likeness (QED) is 0.409. The fourth-order valence-corrected chi connectivity index (χ4v) is 5.50. The zero-order valence-electron chi connectivity index (χ0n) is 20.0. The Labute approximate surface area is 223 Å². The number of likely N-dealkylation sites (tertiary alicyclic amines) is 1. The fraction of sp³-hybridized carbons (Fsp3) is 0.333. The maximum Gasteiger partial charge on any atom is 0.264 e. The number of rotatable bonds is 5. The molecule has 2 aromatic heterocycles. The molecule has 0 bridgehead atoms. The molecule has 3 heterocycles. The molecule has 10 heteroatoms. The summed E-state index contributed by atoms with van der Waals surface area (Å²) in [7, 11) is 0. The number of nitrogens with zero attached hydrogens (tertiary/aromatic N) is 5. The molecule has 0 atom stereocenters. The largest absolute Gasteiger partial charge is 0.388 e. The van der Waals surface area contributed by atoms with Crippen LogP contribution in [-0.2, 0) is 11.3 Å². The number of aliphatic hydroxyl groups is 1. The molecular weight excluding hydrogens is 513 g/mol. The summed E-state index contributed by atoms with van der Waals surface area (Å²) in [5.74, 6) is 0.359. The average Bonchev–Trinajstić information content (AvgIpc) is 3.64. The Bertz CT molecular complexity index is 1570. The lowest BCUT2D eigenvalue weighted by molar-refractivity contribution is -0.137. The van der Waals surface area contributed by atoms with Crippen LogP contribution in [0.3, 0.4) is 0 Å². The first-order chi connectivity index (χ1) is 17.8. The smallest absolute Gasteiger partial charge is 0.264 e. The van der Waals surface area contributed by atoms with Gasteiger partial charge in [0.15, 0.2) is 5.65 Å². The molecule has 8 nitrogen and oxygen atoms in total. The molecule has 0 unspecified atom stereocenters. The Morgan fingerprint density at radius 3 is 2.62 bits per heavy atom. The summed E-state index contributed by atoms with van der Waals surface area (Å²) < 4.78 is 3.06. The van der Waals surface area contributed by atoms with Crippen molar-refractivity contribution in [2.24, 2.45) is 5.92 Å². The maximum absolute atomic E-state index is 13.3. The number of carbonyl (C=O) groups is 1. The number of hydrogen-bond donors (Lipinski definition) is 1. The lowest BCUT2D eigenvalue weighted by Gasteiger charge is -2.38. The van der Waals surface area contributed by atoms with E-state index in [1.807, 2.05) is 35.2 Å². The van der Waals surface area contributed by atoms with Crippen LogP contribution in [0, 0.1) is 5.92 Å². The van der Waals surface area contributed by atoms with Gasteiger partial charge in [-0.1, -0.05) is 41.4 Å². The molecule has 0 spiro atoms. The van der Waals surface area contributed by atoms with Crippen LogP contribution in [0.25, 0.3) is 27.8 Å². The number of amides is 1. The molecule has 6 rings (SSSR count). The van der Waals surface area contributed by atoms with E-state index in [-0.39, 0.29) is 23.9 Å². The first-order valence-electron chi connectivity index (χ1n) is 12.3. The van der Waals surface area contributed by atoms with Crippen LogP contribution < -0.4 is 5.56 Å². The Morgan fingerprint density at radius 1 is 1.11 bits per heavy atom. The van der Waals surface area contributed by atoms with Crippen LogP contribution in [0.4, 0.5) is 0 Å². The van der Waals surface area contributed by atoms with Crippen LogP contribution in [-0.4, -0.2) is 53.9 Å². The third-order valence-electron chi connectivity index (χ3n) is 7.28. The highest BCUT2D eigenvalue weighted by Gasteiger charge is 2.39. The number of aromatic nitrogens is 4. The van der Waals surface area contributed by atoms with Crippen LogP contribution in [0.15, 0.2) is 59.8 Å². The second-order valence-corrected chi connectivity index (χ2v) is 10.8. The molecule has 1 aliphatic carbocycles. The van der Waals surface area contributed by atoms with Gasteiger partial charge in [0, 0.05) is 34.6 Å². The van der Waals surface area contributed by atoms with Gasteiger partial charge in [-0.2, -0.15) is 5.10 Å². The van der Waals surface area contributed by atoms with E-state index >= 15 is 0 Å². The number of hydrogen-bond acceptors (Lipinski definition) is 5. The van der Waals surface area contributed by atoms with Gasteiger partial charge in [0.05, 0.1) is 24.0 Å². The second-order valence-electron chi connectivity index (χ2n) is 9.97. The van der Waals surface area contributed by atoms with E-state index in [0.717, 1.165) is 29.7 Å². The zero-order valence-corrected chi connectivity index (χ0v) is 21.5. The van der Waals surface area contributed by atoms with Crippen LogP contribution in [0.2, 0.25) is 10.0 Å². The van der Waals surface area contributed by atoms with Crippen molar-refractivity contribution < 1.29 is 9.90 Å². The van der Waals surface area contributed by atoms with Crippen LogP contribution in [0.1, 0.15) is 25.7 Å². The molecule has 1 aliphatic heterocycles. The predicted octanol–water partition coefficient (Wildman–Crippen LogP) is 4.32. The van der Waals surface area contributed by atoms with E-state index in [2.05, 4.69) is 10.1 Å². The minimum atomic E-state index is -1.07. The Morgan fingerprint density at radius 2 is 1.89 bits per heavy atom. The predicted molar refractivity (Wildman–Crippen MR) is 142 cm³/mol. The zero-order chi connectivity index (χ0) is 25.7. The highest BCUT2D eigenvalue weighted by molar-refractivity contribution is 6.36. The third-order valence-corrected chi connectivity index (χ3v) is 7.83. The second kappa shape index (κ2) is 9.28. The van der Waals surface area contributed by atoms with Gasteiger partial charge in [0.1, 0.15) is 11.7 Å². The van der Waals surface area contributed by atoms with Gasteiger partial charge in [-0.3, -0.25) is 14.2 Å². The average molecular weight is 538 g/mol. The summed E-state index contributed by atoms with van der Waals surface area (Å²) in [5.41, 5.74) is 1.54. The SMILES string of the molecule is O=C(C1CC1)N1CCC(O)(Cn2cnc3c(cnn3-c3cccc(-c4ccc(Cl)cc4Cl)c3)c2=O)CC1. The van der Waals surface area contributed by atoms with Gasteiger partial charge in [0.2, 0.25) is 5.91 Å². The highest BCUT2D eigenvalue weighted by Crippen LogP contribution is 2.34. The number of benzene rings is 2. The first kappa shape index (κ1) is 24.2. The lowest BCUT2D eigenvalue weighted by Crippen LogP contribution is -2.50. The number of piperidine rings is 1. The molecule has 1 N–H and O–H groups in total. The van der Waals surface area contributed by atoms with Crippen molar-refractivity contribution in [3.05, 3.63) is 75.4 Å². The van der Waals surface area contributed by atoms with Crippen molar-refractivity contribution in [3.8, 4) is 16.8 Å². The normalized spacial score (nSPS) is 17.3. The molecule has 37 heavy (non-hydrogen) atoms. The molecule has 190 valence electrons. The van der Waals surface area contributed by atoms with Crippen molar-refractivity contribution in [1.82, 2.24) is 24.2 Å². The molecule has 0 radical (unpaired) electrons. The van der Waals surface area contributed by atoms with Gasteiger partial charge in [0.25, 0.3) is 5.56 Å². The van der Waals surface area contributed by atoms with Gasteiger partial charge >= 0.3 is 0 Å². The number of carbonyl (C=O) groups excluding carboxylic acids is 1. The summed E-state index contributed by atoms with van der Waals surface area (Å²) in [6.07, 6.45) is 5.75. The van der Waals surface area contributed by atoms with Crippen molar-refractivity contribution in [3.63, 3.8) is 0 Å². The van der Waals surface area contributed by atoms with Gasteiger partial charge in [-0.25, -0.2) is 9.67 Å². The molecule has 1 amide bonds. The Hall–Kier alpha value is -3.20. The van der Waals surface area contributed by atoms with E-state index in [1.54, 1.807) is 16.8 Å². The van der Waals surface area contributed by atoms with Crippen molar-refractivity contribution in [2.45, 2.75) is 37.8 Å². The Kier molecular flexibility index (Phi) is 6.06. The van der Waals surface area contributed by atoms with E-state index < -0.39 is 5.60 Å². The molecule has 4 aromatic rings. The van der Waals surface area contributed by atoms with E-state index in [4.69, 9.17) is 23.2 Å². The molecule has 2 aliphatic rings. The van der Waals surface area contributed by atoms with Gasteiger partial charge in [-0.15, -0.1) is 0 Å². The highest BCUT2D eigenvalue weighted by atomic mass is 35.5. The molecule has 2 aromatic carbocycles. The first-order valence-corrected chi connectivity index (χ1v) is 13.1. The minimum absolute atomic E-state index is 0.121. The Balaban J connectivity index is 1.25. The summed E-state index contributed by atoms with van der Waals surface area (Å²) in [6, 6.07) is 13.0. The van der Waals surface area contributed by atoms with E-state index in [1.165, 1.54) is 17.1 Å². The lowest BCUT2D eigenvalue weighted by atomic mass is 9.91. The van der Waals surface area contributed by atoms with Crippen LogP contribution in [0.5, 0.6) is 0 Å². The molecule has 1 saturated carbocycles. The minimum Gasteiger partial charge on any atom is -0.388 e. The van der Waals surface area contributed by atoms with E-state index in [9.17, 15) is 14.7 Å². The molecular formula is C27H25Cl2N5O3. The van der Waals surface area contributed by atoms with Crippen molar-refractivity contribution in [1.29, 1.82) is 0 Å². The third kappa shape index (κ3) is 4.65. The van der Waals surface area contributed by atoms with Crippen molar-refractivity contribution >= 4 is 40.1 Å². The number of fused-ring (bicyclic) bond motifs is 1. The topological polar surface area (TPSA) is 93.2 Å². The fourth-order valence-electron chi connectivity index (χ4n) is 4.99. The summed E-state index contributed by atoms with van der Waals surface area (Å²) in [6.45, 7) is 1.13. The van der Waals surface area contributed by atoms with Gasteiger partial charge < -0.3 is 10.0 Å². The van der Waals surface area contributed by atoms with E-state index in [0.29, 0.717) is 47.0 Å². The summed E-state index contributed by atoms with van der Waals surface area (Å²) in [4.78, 5) is 32.0. The summed E-state index contributed by atoms with van der Waals surface area (Å²) >= 11 is 12.4.